The van der Waals surface area contributed by atoms with Crippen molar-refractivity contribution >= 4 is 11.8 Å². The molecule has 0 aromatic heterocycles. The van der Waals surface area contributed by atoms with Gasteiger partial charge in [-0.05, 0) is 31.8 Å². The van der Waals surface area contributed by atoms with E-state index in [1.165, 1.54) is 30.6 Å². The summed E-state index contributed by atoms with van der Waals surface area (Å²) in [5.74, 6) is 0.545. The molecular formula is C15H27N3O2. The van der Waals surface area contributed by atoms with E-state index in [9.17, 15) is 9.59 Å². The third-order valence-electron chi connectivity index (χ3n) is 4.81. The Kier molecular flexibility index (Phi) is 5.54. The summed E-state index contributed by atoms with van der Waals surface area (Å²) in [5.41, 5.74) is 5.90. The van der Waals surface area contributed by atoms with Crippen LogP contribution in [0.25, 0.3) is 0 Å². The highest BCUT2D eigenvalue weighted by atomic mass is 16.2. The fourth-order valence-corrected chi connectivity index (χ4v) is 3.60. The van der Waals surface area contributed by atoms with Crippen molar-refractivity contribution in [1.29, 1.82) is 0 Å². The van der Waals surface area contributed by atoms with Gasteiger partial charge >= 0.3 is 0 Å². The van der Waals surface area contributed by atoms with Crippen LogP contribution in [-0.4, -0.2) is 53.8 Å². The monoisotopic (exact) mass is 281 g/mol. The summed E-state index contributed by atoms with van der Waals surface area (Å²) in [6.45, 7) is 5.17. The zero-order valence-electron chi connectivity index (χ0n) is 12.5. The van der Waals surface area contributed by atoms with E-state index in [4.69, 9.17) is 5.73 Å². The number of amides is 2. The third kappa shape index (κ3) is 3.38. The number of rotatable bonds is 6. The van der Waals surface area contributed by atoms with Crippen LogP contribution in [0.3, 0.4) is 0 Å². The lowest BCUT2D eigenvalue weighted by molar-refractivity contribution is -0.138. The van der Waals surface area contributed by atoms with E-state index in [2.05, 4.69) is 11.8 Å². The van der Waals surface area contributed by atoms with E-state index in [1.807, 2.05) is 0 Å². The van der Waals surface area contributed by atoms with Gasteiger partial charge in [0.15, 0.2) is 0 Å². The van der Waals surface area contributed by atoms with Crippen molar-refractivity contribution < 1.29 is 9.59 Å². The Morgan fingerprint density at radius 3 is 2.45 bits per heavy atom. The standard InChI is InChI=1S/C15H27N3O2/c1-2-17(13-6-4-3-5-12(13)11-16)9-10-18-14(19)7-8-15(18)20/h12-13H,2-11,16H2,1H3. The average molecular weight is 281 g/mol. The molecule has 20 heavy (non-hydrogen) atoms. The Balaban J connectivity index is 1.91. The van der Waals surface area contributed by atoms with E-state index in [0.717, 1.165) is 19.6 Å². The summed E-state index contributed by atoms with van der Waals surface area (Å²) in [7, 11) is 0. The van der Waals surface area contributed by atoms with Crippen LogP contribution < -0.4 is 5.73 Å². The van der Waals surface area contributed by atoms with Crippen molar-refractivity contribution in [3.63, 3.8) is 0 Å². The summed E-state index contributed by atoms with van der Waals surface area (Å²) in [6, 6.07) is 0.520. The minimum absolute atomic E-state index is 0.00919. The molecule has 2 aliphatic rings. The number of hydrogen-bond donors (Lipinski definition) is 1. The van der Waals surface area contributed by atoms with Crippen LogP contribution in [0.2, 0.25) is 0 Å². The van der Waals surface area contributed by atoms with Crippen molar-refractivity contribution in [3.05, 3.63) is 0 Å². The minimum Gasteiger partial charge on any atom is -0.330 e. The van der Waals surface area contributed by atoms with E-state index in [-0.39, 0.29) is 11.8 Å². The highest BCUT2D eigenvalue weighted by Crippen LogP contribution is 2.27. The van der Waals surface area contributed by atoms with Gasteiger partial charge < -0.3 is 5.73 Å². The number of likely N-dealkylation sites (tertiary alicyclic amines) is 1. The lowest BCUT2D eigenvalue weighted by Crippen LogP contribution is -2.48. The highest BCUT2D eigenvalue weighted by Gasteiger charge is 2.31. The zero-order valence-corrected chi connectivity index (χ0v) is 12.5. The molecule has 2 rings (SSSR count). The quantitative estimate of drug-likeness (QED) is 0.737. The van der Waals surface area contributed by atoms with Gasteiger partial charge in [-0.15, -0.1) is 0 Å². The molecule has 114 valence electrons. The zero-order chi connectivity index (χ0) is 14.5. The van der Waals surface area contributed by atoms with Gasteiger partial charge in [-0.25, -0.2) is 0 Å². The van der Waals surface area contributed by atoms with E-state index in [1.54, 1.807) is 0 Å². The number of carbonyl (C=O) groups excluding carboxylic acids is 2. The van der Waals surface area contributed by atoms with Gasteiger partial charge in [0.25, 0.3) is 0 Å². The van der Waals surface area contributed by atoms with Crippen LogP contribution >= 0.6 is 0 Å². The van der Waals surface area contributed by atoms with Crippen LogP contribution in [0.1, 0.15) is 45.4 Å². The third-order valence-corrected chi connectivity index (χ3v) is 4.81. The second-order valence-electron chi connectivity index (χ2n) is 5.92. The SMILES string of the molecule is CCN(CCN1C(=O)CCC1=O)C1CCCCC1CN. The van der Waals surface area contributed by atoms with E-state index in [0.29, 0.717) is 31.3 Å². The molecule has 0 spiro atoms. The topological polar surface area (TPSA) is 66.6 Å². The predicted molar refractivity (Wildman–Crippen MR) is 78.0 cm³/mol. The van der Waals surface area contributed by atoms with Gasteiger partial charge in [0, 0.05) is 32.0 Å². The van der Waals surface area contributed by atoms with Crippen LogP contribution in [0.15, 0.2) is 0 Å². The van der Waals surface area contributed by atoms with Gasteiger partial charge in [0.1, 0.15) is 0 Å². The highest BCUT2D eigenvalue weighted by molar-refractivity contribution is 6.01. The Labute approximate surface area is 121 Å². The maximum absolute atomic E-state index is 11.6. The fraction of sp³-hybridized carbons (Fsp3) is 0.867. The second-order valence-corrected chi connectivity index (χ2v) is 5.92. The smallest absolute Gasteiger partial charge is 0.229 e. The summed E-state index contributed by atoms with van der Waals surface area (Å²) >= 11 is 0. The fourth-order valence-electron chi connectivity index (χ4n) is 3.60. The van der Waals surface area contributed by atoms with Crippen LogP contribution in [-0.2, 0) is 9.59 Å². The van der Waals surface area contributed by atoms with Crippen LogP contribution in [0, 0.1) is 5.92 Å². The molecule has 0 aromatic rings. The normalized spacial score (nSPS) is 27.6. The predicted octanol–water partition coefficient (Wildman–Crippen LogP) is 0.975. The Hall–Kier alpha value is -0.940. The summed E-state index contributed by atoms with van der Waals surface area (Å²) in [6.07, 6.45) is 5.72. The van der Waals surface area contributed by atoms with Crippen molar-refractivity contribution in [2.45, 2.75) is 51.5 Å². The number of imide groups is 1. The summed E-state index contributed by atoms with van der Waals surface area (Å²) < 4.78 is 0. The molecule has 0 radical (unpaired) electrons. The molecule has 1 saturated carbocycles. The van der Waals surface area contributed by atoms with Crippen molar-refractivity contribution in [2.24, 2.45) is 11.7 Å². The van der Waals surface area contributed by atoms with Gasteiger partial charge in [-0.2, -0.15) is 0 Å². The largest absolute Gasteiger partial charge is 0.330 e. The van der Waals surface area contributed by atoms with Crippen molar-refractivity contribution in [2.75, 3.05) is 26.2 Å². The molecule has 1 heterocycles. The molecule has 2 unspecified atom stereocenters. The molecule has 0 bridgehead atoms. The molecule has 2 N–H and O–H groups in total. The number of hydrogen-bond acceptors (Lipinski definition) is 4. The molecule has 0 aromatic carbocycles. The van der Waals surface area contributed by atoms with E-state index < -0.39 is 0 Å². The Morgan fingerprint density at radius 2 is 1.85 bits per heavy atom. The van der Waals surface area contributed by atoms with Crippen molar-refractivity contribution in [3.8, 4) is 0 Å². The summed E-state index contributed by atoms with van der Waals surface area (Å²) in [5, 5.41) is 0. The van der Waals surface area contributed by atoms with E-state index >= 15 is 0 Å². The first kappa shape index (κ1) is 15.4. The first-order chi connectivity index (χ1) is 9.67. The molecule has 1 saturated heterocycles. The lowest BCUT2D eigenvalue weighted by Gasteiger charge is -2.39. The lowest BCUT2D eigenvalue weighted by atomic mass is 9.83. The molecule has 5 heteroatoms. The first-order valence-electron chi connectivity index (χ1n) is 7.94. The number of likely N-dealkylation sites (N-methyl/N-ethyl adjacent to an activating group) is 1. The molecule has 5 nitrogen and oxygen atoms in total. The molecule has 2 fully saturated rings. The summed E-state index contributed by atoms with van der Waals surface area (Å²) in [4.78, 5) is 27.1. The number of carbonyl (C=O) groups is 2. The van der Waals surface area contributed by atoms with Gasteiger partial charge in [-0.3, -0.25) is 19.4 Å². The molecule has 2 amide bonds. The first-order valence-corrected chi connectivity index (χ1v) is 7.94. The van der Waals surface area contributed by atoms with Crippen LogP contribution in [0.5, 0.6) is 0 Å². The molecule has 2 atom stereocenters. The molecule has 1 aliphatic heterocycles. The minimum atomic E-state index is -0.00919. The maximum atomic E-state index is 11.6. The molecule has 1 aliphatic carbocycles. The van der Waals surface area contributed by atoms with Gasteiger partial charge in [0.05, 0.1) is 0 Å². The van der Waals surface area contributed by atoms with Gasteiger partial charge in [0.2, 0.25) is 11.8 Å². The van der Waals surface area contributed by atoms with Crippen molar-refractivity contribution in [1.82, 2.24) is 9.80 Å². The maximum Gasteiger partial charge on any atom is 0.229 e. The molecular weight excluding hydrogens is 254 g/mol. The number of nitrogens with zero attached hydrogens (tertiary/aromatic N) is 2. The Bertz CT molecular complexity index is 343. The van der Waals surface area contributed by atoms with Crippen LogP contribution in [0.4, 0.5) is 0 Å². The number of nitrogens with two attached hydrogens (primary N) is 1. The second kappa shape index (κ2) is 7.18. The Morgan fingerprint density at radius 1 is 1.20 bits per heavy atom. The van der Waals surface area contributed by atoms with Gasteiger partial charge in [-0.1, -0.05) is 19.8 Å². The average Bonchev–Trinajstić information content (AvgIpc) is 2.79.